The summed E-state index contributed by atoms with van der Waals surface area (Å²) < 4.78 is 4.23. The summed E-state index contributed by atoms with van der Waals surface area (Å²) in [5.74, 6) is -2.65. The number of Topliss-reactive ketones (excluding diaryl/α,β-unsaturated/α-hetero) is 2. The van der Waals surface area contributed by atoms with Crippen LogP contribution in [0.25, 0.3) is 0 Å². The minimum Gasteiger partial charge on any atom is -0.392 e. The van der Waals surface area contributed by atoms with E-state index in [1.54, 1.807) is 0 Å². The molecule has 0 saturated heterocycles. The Bertz CT molecular complexity index is 259. The van der Waals surface area contributed by atoms with Crippen molar-refractivity contribution in [2.24, 2.45) is 0 Å². The van der Waals surface area contributed by atoms with Gasteiger partial charge in [-0.1, -0.05) is 31.9 Å². The van der Waals surface area contributed by atoms with Crippen molar-refractivity contribution in [1.82, 2.24) is 0 Å². The lowest BCUT2D eigenvalue weighted by Crippen LogP contribution is -2.19. The maximum Gasteiger partial charge on any atom is 0.320 e. The summed E-state index contributed by atoms with van der Waals surface area (Å²) in [6, 6.07) is 0. The van der Waals surface area contributed by atoms with E-state index in [1.807, 2.05) is 0 Å². The van der Waals surface area contributed by atoms with E-state index in [0.717, 1.165) is 0 Å². The van der Waals surface area contributed by atoms with Crippen molar-refractivity contribution < 1.29 is 23.9 Å². The monoisotopic (exact) mass is 342 g/mol. The Morgan fingerprint density at radius 3 is 1.40 bits per heavy atom. The molecule has 0 bridgehead atoms. The summed E-state index contributed by atoms with van der Waals surface area (Å²) >= 11 is 5.72. The zero-order valence-electron chi connectivity index (χ0n) is 7.63. The fourth-order valence-electron chi connectivity index (χ4n) is 0.616. The van der Waals surface area contributed by atoms with Crippen molar-refractivity contribution in [2.75, 3.05) is 10.7 Å². The van der Waals surface area contributed by atoms with Crippen LogP contribution in [0.2, 0.25) is 0 Å². The Balaban J connectivity index is 3.92. The fraction of sp³-hybridized carbons (Fsp3) is 0.500. The van der Waals surface area contributed by atoms with Crippen LogP contribution in [0.4, 0.5) is 0 Å². The van der Waals surface area contributed by atoms with Gasteiger partial charge in [-0.05, 0) is 0 Å². The van der Waals surface area contributed by atoms with E-state index in [4.69, 9.17) is 0 Å². The van der Waals surface area contributed by atoms with E-state index in [-0.39, 0.29) is 22.2 Å². The SMILES string of the molecule is O=C(CBr)CC(=O)OC(=O)CC(=O)CBr. The van der Waals surface area contributed by atoms with Crippen LogP contribution in [-0.4, -0.2) is 34.2 Å². The number of ether oxygens (including phenoxy) is 1. The molecule has 5 nitrogen and oxygen atoms in total. The predicted octanol–water partition coefficient (Wildman–Crippen LogP) is 0.764. The van der Waals surface area contributed by atoms with E-state index in [2.05, 4.69) is 36.6 Å². The second-order valence-corrected chi connectivity index (χ2v) is 3.67. The quantitative estimate of drug-likeness (QED) is 0.404. The highest BCUT2D eigenvalue weighted by Gasteiger charge is 2.16. The third-order valence-corrected chi connectivity index (χ3v) is 2.46. The van der Waals surface area contributed by atoms with Gasteiger partial charge in [0.25, 0.3) is 0 Å². The largest absolute Gasteiger partial charge is 0.392 e. The van der Waals surface area contributed by atoms with Crippen molar-refractivity contribution >= 4 is 55.4 Å². The summed E-state index contributed by atoms with van der Waals surface area (Å²) in [6.45, 7) is 0. The molecular formula is C8H8Br2O5. The fourth-order valence-corrected chi connectivity index (χ4v) is 1.01. The number of carbonyl (C=O) groups is 4. The Hall–Kier alpha value is -0.560. The van der Waals surface area contributed by atoms with Crippen molar-refractivity contribution in [2.45, 2.75) is 12.8 Å². The van der Waals surface area contributed by atoms with Gasteiger partial charge in [-0.3, -0.25) is 19.2 Å². The van der Waals surface area contributed by atoms with E-state index < -0.39 is 24.8 Å². The first kappa shape index (κ1) is 14.4. The number of rotatable bonds is 6. The molecule has 0 amide bonds. The van der Waals surface area contributed by atoms with Gasteiger partial charge >= 0.3 is 11.9 Å². The van der Waals surface area contributed by atoms with Gasteiger partial charge in [0.2, 0.25) is 0 Å². The molecule has 0 heterocycles. The van der Waals surface area contributed by atoms with Gasteiger partial charge in [0, 0.05) is 0 Å². The molecule has 0 aromatic carbocycles. The summed E-state index contributed by atoms with van der Waals surface area (Å²) in [7, 11) is 0. The second kappa shape index (κ2) is 7.70. The van der Waals surface area contributed by atoms with E-state index in [0.29, 0.717) is 0 Å². The Kier molecular flexibility index (Phi) is 7.41. The molecular weight excluding hydrogens is 336 g/mol. The minimum atomic E-state index is -0.938. The molecule has 0 aromatic heterocycles. The normalized spacial score (nSPS) is 9.47. The lowest BCUT2D eigenvalue weighted by Gasteiger charge is -2.00. The Labute approximate surface area is 103 Å². The molecule has 0 aliphatic heterocycles. The van der Waals surface area contributed by atoms with E-state index in [9.17, 15) is 19.2 Å². The van der Waals surface area contributed by atoms with Crippen LogP contribution >= 0.6 is 31.9 Å². The maximum atomic E-state index is 10.9. The minimum absolute atomic E-state index is 0.0244. The highest BCUT2D eigenvalue weighted by molar-refractivity contribution is 9.09. The van der Waals surface area contributed by atoms with Gasteiger partial charge in [-0.15, -0.1) is 0 Å². The van der Waals surface area contributed by atoms with Gasteiger partial charge in [-0.25, -0.2) is 0 Å². The number of ketones is 2. The molecule has 0 radical (unpaired) electrons. The first-order valence-electron chi connectivity index (χ1n) is 3.88. The van der Waals surface area contributed by atoms with Crippen LogP contribution in [0.1, 0.15) is 12.8 Å². The first-order chi connectivity index (χ1) is 6.99. The number of carbonyl (C=O) groups excluding carboxylic acids is 4. The summed E-state index contributed by atoms with van der Waals surface area (Å²) in [4.78, 5) is 43.3. The molecule has 0 fully saturated rings. The van der Waals surface area contributed by atoms with Crippen LogP contribution in [0, 0.1) is 0 Å². The van der Waals surface area contributed by atoms with Gasteiger partial charge < -0.3 is 4.74 Å². The zero-order chi connectivity index (χ0) is 11.8. The average Bonchev–Trinajstić information content (AvgIpc) is 2.16. The number of alkyl halides is 2. The predicted molar refractivity (Wildman–Crippen MR) is 57.9 cm³/mol. The molecule has 0 aliphatic rings. The van der Waals surface area contributed by atoms with Crippen LogP contribution in [0.5, 0.6) is 0 Å². The standard InChI is InChI=1S/C8H8Br2O5/c9-3-5(11)1-7(13)15-8(14)2-6(12)4-10/h1-4H2. The van der Waals surface area contributed by atoms with Crippen molar-refractivity contribution in [3.63, 3.8) is 0 Å². The summed E-state index contributed by atoms with van der Waals surface area (Å²) in [5.41, 5.74) is 0. The number of hydrogen-bond acceptors (Lipinski definition) is 5. The summed E-state index contributed by atoms with van der Waals surface area (Å²) in [6.07, 6.45) is -0.945. The molecule has 0 spiro atoms. The second-order valence-electron chi connectivity index (χ2n) is 2.54. The van der Waals surface area contributed by atoms with Gasteiger partial charge in [-0.2, -0.15) is 0 Å². The van der Waals surface area contributed by atoms with E-state index >= 15 is 0 Å². The number of hydrogen-bond donors (Lipinski definition) is 0. The molecule has 0 aromatic rings. The number of halogens is 2. The highest BCUT2D eigenvalue weighted by atomic mass is 79.9. The lowest BCUT2D eigenvalue weighted by molar-refractivity contribution is -0.160. The maximum absolute atomic E-state index is 10.9. The Morgan fingerprint density at radius 1 is 0.800 bits per heavy atom. The van der Waals surface area contributed by atoms with Crippen LogP contribution in [0.3, 0.4) is 0 Å². The van der Waals surface area contributed by atoms with Gasteiger partial charge in [0.15, 0.2) is 11.6 Å². The summed E-state index contributed by atoms with van der Waals surface area (Å²) in [5, 5.41) is 0.0489. The van der Waals surface area contributed by atoms with Crippen molar-refractivity contribution in [3.05, 3.63) is 0 Å². The molecule has 0 atom stereocenters. The topological polar surface area (TPSA) is 77.5 Å². The van der Waals surface area contributed by atoms with Gasteiger partial charge in [0.1, 0.15) is 12.8 Å². The molecule has 0 aliphatic carbocycles. The Morgan fingerprint density at radius 2 is 1.13 bits per heavy atom. The average molecular weight is 344 g/mol. The number of esters is 2. The molecule has 0 rings (SSSR count). The highest BCUT2D eigenvalue weighted by Crippen LogP contribution is 1.97. The molecule has 15 heavy (non-hydrogen) atoms. The van der Waals surface area contributed by atoms with Crippen LogP contribution in [-0.2, 0) is 23.9 Å². The third-order valence-electron chi connectivity index (χ3n) is 1.21. The van der Waals surface area contributed by atoms with E-state index in [1.165, 1.54) is 0 Å². The lowest BCUT2D eigenvalue weighted by atomic mass is 10.3. The van der Waals surface area contributed by atoms with Crippen molar-refractivity contribution in [1.29, 1.82) is 0 Å². The van der Waals surface area contributed by atoms with Crippen LogP contribution < -0.4 is 0 Å². The van der Waals surface area contributed by atoms with Gasteiger partial charge in [0.05, 0.1) is 10.7 Å². The third kappa shape index (κ3) is 7.38. The molecule has 0 saturated carbocycles. The molecule has 7 heteroatoms. The molecule has 84 valence electrons. The van der Waals surface area contributed by atoms with Crippen LogP contribution in [0.15, 0.2) is 0 Å². The smallest absolute Gasteiger partial charge is 0.320 e. The molecule has 0 N–H and O–H groups in total. The molecule has 0 unspecified atom stereocenters. The zero-order valence-corrected chi connectivity index (χ0v) is 10.8. The first-order valence-corrected chi connectivity index (χ1v) is 6.12. The van der Waals surface area contributed by atoms with Crippen molar-refractivity contribution in [3.8, 4) is 0 Å².